The molecule has 1 unspecified atom stereocenters. The van der Waals surface area contributed by atoms with E-state index in [4.69, 9.17) is 5.14 Å². The van der Waals surface area contributed by atoms with Crippen molar-refractivity contribution in [1.82, 2.24) is 5.32 Å². The van der Waals surface area contributed by atoms with Crippen molar-refractivity contribution in [1.29, 1.82) is 0 Å². The quantitative estimate of drug-likeness (QED) is 0.430. The molecule has 0 spiro atoms. The predicted octanol–water partition coefficient (Wildman–Crippen LogP) is 1.73. The highest BCUT2D eigenvalue weighted by Crippen LogP contribution is 2.33. The van der Waals surface area contributed by atoms with Crippen LogP contribution in [0, 0.1) is 5.92 Å². The highest BCUT2D eigenvalue weighted by atomic mass is 32.2. The van der Waals surface area contributed by atoms with Crippen molar-refractivity contribution in [2.75, 3.05) is 11.9 Å². The molecule has 1 aromatic rings. The minimum atomic E-state index is -5.27. The fourth-order valence-corrected chi connectivity index (χ4v) is 2.72. The number of carbonyl (C=O) groups is 2. The van der Waals surface area contributed by atoms with Gasteiger partial charge in [0.15, 0.2) is 0 Å². The maximum Gasteiger partial charge on any atom is 0.441 e. The van der Waals surface area contributed by atoms with E-state index >= 15 is 0 Å². The Morgan fingerprint density at radius 3 is 2.11 bits per heavy atom. The van der Waals surface area contributed by atoms with Crippen molar-refractivity contribution < 1.29 is 35.9 Å². The van der Waals surface area contributed by atoms with E-state index in [0.717, 1.165) is 24.3 Å². The Hall–Kier alpha value is -2.34. The van der Waals surface area contributed by atoms with Gasteiger partial charge in [0.1, 0.15) is 0 Å². The van der Waals surface area contributed by atoms with Gasteiger partial charge < -0.3 is 15.4 Å². The lowest BCUT2D eigenvalue weighted by Gasteiger charge is -2.35. The normalized spacial score (nSPS) is 14.3. The molecular weight excluding hydrogens is 403 g/mol. The number of hydrogen-bond donors (Lipinski definition) is 3. The first-order chi connectivity index (χ1) is 12.7. The number of nitrogens with two attached hydrogens (primary N) is 1. The summed E-state index contributed by atoms with van der Waals surface area (Å²) in [5, 5.41) is 8.56. The summed E-state index contributed by atoms with van der Waals surface area (Å²) in [5.41, 5.74) is -3.85. The zero-order valence-corrected chi connectivity index (χ0v) is 16.3. The molecule has 0 aliphatic heterocycles. The van der Waals surface area contributed by atoms with Crippen LogP contribution in [0.2, 0.25) is 0 Å². The van der Waals surface area contributed by atoms with Crippen LogP contribution in [0.1, 0.15) is 27.2 Å². The van der Waals surface area contributed by atoms with Gasteiger partial charge in [0.25, 0.3) is 0 Å². The lowest BCUT2D eigenvalue weighted by Crippen LogP contribution is -2.69. The van der Waals surface area contributed by atoms with Gasteiger partial charge >= 0.3 is 17.8 Å². The van der Waals surface area contributed by atoms with Gasteiger partial charge in [-0.2, -0.15) is 13.2 Å². The topological polar surface area (TPSA) is 128 Å². The smallest absolute Gasteiger partial charge is 0.441 e. The van der Waals surface area contributed by atoms with Crippen molar-refractivity contribution in [3.8, 4) is 0 Å². The SMILES string of the molecule is CCOC(=O)C(NC(=O)CC(C)C)(Nc1ccc(S(N)(=O)=O)cc1)C(F)(F)F. The third kappa shape index (κ3) is 5.83. The lowest BCUT2D eigenvalue weighted by atomic mass is 10.1. The van der Waals surface area contributed by atoms with Crippen LogP contribution >= 0.6 is 0 Å². The standard InChI is InChI=1S/C16H22F3N3O5S/c1-4-27-14(24)15(16(17,18)19,22-13(23)9-10(2)3)21-11-5-7-12(8-6-11)28(20,25)26/h5-8,10,21H,4,9H2,1-3H3,(H,22,23)(H2,20,25,26). The van der Waals surface area contributed by atoms with Gasteiger partial charge in [0, 0.05) is 12.1 Å². The molecule has 0 aromatic heterocycles. The maximum atomic E-state index is 13.9. The van der Waals surface area contributed by atoms with Crippen molar-refractivity contribution in [2.24, 2.45) is 11.1 Å². The molecule has 0 bridgehead atoms. The third-order valence-corrected chi connectivity index (χ3v) is 4.37. The number of amides is 1. The van der Waals surface area contributed by atoms with Gasteiger partial charge in [-0.15, -0.1) is 0 Å². The molecule has 158 valence electrons. The summed E-state index contributed by atoms with van der Waals surface area (Å²) >= 11 is 0. The Bertz CT molecular complexity index is 810. The van der Waals surface area contributed by atoms with Crippen LogP contribution in [-0.4, -0.2) is 38.7 Å². The molecule has 8 nitrogen and oxygen atoms in total. The highest BCUT2D eigenvalue weighted by Gasteiger charge is 2.63. The molecule has 0 saturated carbocycles. The Balaban J connectivity index is 3.39. The van der Waals surface area contributed by atoms with E-state index in [1.807, 2.05) is 5.32 Å². The number of benzene rings is 1. The number of carbonyl (C=O) groups excluding carboxylic acids is 2. The summed E-state index contributed by atoms with van der Waals surface area (Å²) in [6.07, 6.45) is -5.53. The van der Waals surface area contributed by atoms with Crippen LogP contribution in [-0.2, 0) is 24.3 Å². The Labute approximate surface area is 160 Å². The van der Waals surface area contributed by atoms with E-state index in [1.165, 1.54) is 6.92 Å². The maximum absolute atomic E-state index is 13.9. The fraction of sp³-hybridized carbons (Fsp3) is 0.500. The van der Waals surface area contributed by atoms with E-state index in [0.29, 0.717) is 0 Å². The molecule has 1 atom stereocenters. The van der Waals surface area contributed by atoms with Crippen LogP contribution < -0.4 is 15.8 Å². The van der Waals surface area contributed by atoms with Gasteiger partial charge in [0.2, 0.25) is 15.9 Å². The van der Waals surface area contributed by atoms with Crippen molar-refractivity contribution in [2.45, 2.75) is 43.9 Å². The Morgan fingerprint density at radius 1 is 1.18 bits per heavy atom. The average Bonchev–Trinajstić information content (AvgIpc) is 2.52. The van der Waals surface area contributed by atoms with Gasteiger partial charge in [0.05, 0.1) is 11.5 Å². The first-order valence-corrected chi connectivity index (χ1v) is 9.73. The molecule has 4 N–H and O–H groups in total. The minimum absolute atomic E-state index is 0.261. The van der Waals surface area contributed by atoms with Crippen LogP contribution in [0.4, 0.5) is 18.9 Å². The summed E-state index contributed by atoms with van der Waals surface area (Å²) in [5.74, 6) is -3.04. The molecule has 0 radical (unpaired) electrons. The Morgan fingerprint density at radius 2 is 1.71 bits per heavy atom. The molecule has 1 rings (SSSR count). The first kappa shape index (κ1) is 23.7. The number of anilines is 1. The minimum Gasteiger partial charge on any atom is -0.463 e. The van der Waals surface area contributed by atoms with Crippen molar-refractivity contribution in [3.05, 3.63) is 24.3 Å². The number of rotatable bonds is 8. The van der Waals surface area contributed by atoms with Gasteiger partial charge in [-0.25, -0.2) is 18.4 Å². The Kier molecular flexibility index (Phi) is 7.43. The van der Waals surface area contributed by atoms with Crippen molar-refractivity contribution >= 4 is 27.6 Å². The van der Waals surface area contributed by atoms with Gasteiger partial charge in [-0.3, -0.25) is 4.79 Å². The molecule has 0 heterocycles. The summed E-state index contributed by atoms with van der Waals surface area (Å²) in [4.78, 5) is 23.9. The number of ether oxygens (including phenoxy) is 1. The number of hydrogen-bond acceptors (Lipinski definition) is 6. The molecule has 1 amide bonds. The van der Waals surface area contributed by atoms with E-state index in [2.05, 4.69) is 4.74 Å². The monoisotopic (exact) mass is 425 g/mol. The number of halogens is 3. The third-order valence-electron chi connectivity index (χ3n) is 3.44. The van der Waals surface area contributed by atoms with Crippen LogP contribution in [0.5, 0.6) is 0 Å². The van der Waals surface area contributed by atoms with E-state index < -0.39 is 33.7 Å². The zero-order chi connectivity index (χ0) is 21.8. The number of nitrogens with one attached hydrogen (secondary N) is 2. The zero-order valence-electron chi connectivity index (χ0n) is 15.5. The molecule has 12 heteroatoms. The second-order valence-electron chi connectivity index (χ2n) is 6.31. The molecule has 0 aliphatic rings. The number of sulfonamides is 1. The molecular formula is C16H22F3N3O5S. The predicted molar refractivity (Wildman–Crippen MR) is 94.5 cm³/mol. The first-order valence-electron chi connectivity index (χ1n) is 8.19. The lowest BCUT2D eigenvalue weighted by molar-refractivity contribution is -0.208. The summed E-state index contributed by atoms with van der Waals surface area (Å²) < 4.78 is 68.8. The van der Waals surface area contributed by atoms with Gasteiger partial charge in [-0.05, 0) is 37.1 Å². The van der Waals surface area contributed by atoms with Crippen molar-refractivity contribution in [3.63, 3.8) is 0 Å². The summed E-state index contributed by atoms with van der Waals surface area (Å²) in [6, 6.07) is 3.88. The van der Waals surface area contributed by atoms with Crippen LogP contribution in [0.25, 0.3) is 0 Å². The van der Waals surface area contributed by atoms with Gasteiger partial charge in [-0.1, -0.05) is 13.8 Å². The van der Waals surface area contributed by atoms with Crippen LogP contribution in [0.15, 0.2) is 29.2 Å². The number of esters is 1. The second kappa shape index (κ2) is 8.78. The average molecular weight is 425 g/mol. The second-order valence-corrected chi connectivity index (χ2v) is 7.87. The van der Waals surface area contributed by atoms with E-state index in [1.54, 1.807) is 19.2 Å². The molecule has 28 heavy (non-hydrogen) atoms. The van der Waals surface area contributed by atoms with Crippen LogP contribution in [0.3, 0.4) is 0 Å². The summed E-state index contributed by atoms with van der Waals surface area (Å²) in [6.45, 7) is 4.20. The van der Waals surface area contributed by atoms with E-state index in [-0.39, 0.29) is 29.5 Å². The van der Waals surface area contributed by atoms with E-state index in [9.17, 15) is 31.2 Å². The molecule has 1 aromatic carbocycles. The highest BCUT2D eigenvalue weighted by molar-refractivity contribution is 7.89. The molecule has 0 fully saturated rings. The largest absolute Gasteiger partial charge is 0.463 e. The number of primary sulfonamides is 1. The summed E-state index contributed by atoms with van der Waals surface area (Å²) in [7, 11) is -4.06. The fourth-order valence-electron chi connectivity index (χ4n) is 2.21. The number of alkyl halides is 3. The molecule has 0 aliphatic carbocycles. The molecule has 0 saturated heterocycles.